The Morgan fingerprint density at radius 3 is 2.53 bits per heavy atom. The van der Waals surface area contributed by atoms with Crippen molar-refractivity contribution in [1.82, 2.24) is 19.7 Å². The summed E-state index contributed by atoms with van der Waals surface area (Å²) in [5.41, 5.74) is 4.42. The van der Waals surface area contributed by atoms with E-state index in [-0.39, 0.29) is 5.41 Å². The molecule has 0 unspecified atom stereocenters. The van der Waals surface area contributed by atoms with E-state index in [1.165, 1.54) is 5.56 Å². The first-order valence-corrected chi connectivity index (χ1v) is 12.6. The predicted octanol–water partition coefficient (Wildman–Crippen LogP) is 7.50. The van der Waals surface area contributed by atoms with Crippen molar-refractivity contribution in [3.05, 3.63) is 82.8 Å². The van der Waals surface area contributed by atoms with Gasteiger partial charge in [-0.1, -0.05) is 92.7 Å². The van der Waals surface area contributed by atoms with Gasteiger partial charge in [0.25, 0.3) is 0 Å². The number of hydrogen-bond acceptors (Lipinski definition) is 5. The van der Waals surface area contributed by atoms with E-state index in [1.54, 1.807) is 23.1 Å². The first-order chi connectivity index (χ1) is 15.4. The molecule has 0 aliphatic heterocycles. The Balaban J connectivity index is 1.53. The van der Waals surface area contributed by atoms with Crippen LogP contribution in [0.1, 0.15) is 32.0 Å². The Hall–Kier alpha value is -2.41. The summed E-state index contributed by atoms with van der Waals surface area (Å²) in [7, 11) is 0. The fraction of sp³-hybridized carbons (Fsp3) is 0.240. The Morgan fingerprint density at radius 1 is 1.09 bits per heavy atom. The molecule has 4 aromatic rings. The number of aromatic nitrogens is 4. The molecule has 7 heteroatoms. The van der Waals surface area contributed by atoms with E-state index in [4.69, 9.17) is 16.6 Å². The molecule has 0 fully saturated rings. The van der Waals surface area contributed by atoms with Gasteiger partial charge in [0.1, 0.15) is 5.01 Å². The molecule has 164 valence electrons. The molecule has 2 aromatic carbocycles. The van der Waals surface area contributed by atoms with Gasteiger partial charge < -0.3 is 0 Å². The number of hydrogen-bond donors (Lipinski definition) is 0. The topological polar surface area (TPSA) is 43.6 Å². The maximum Gasteiger partial charge on any atom is 0.192 e. The highest BCUT2D eigenvalue weighted by molar-refractivity contribution is 7.98. The highest BCUT2D eigenvalue weighted by atomic mass is 35.5. The summed E-state index contributed by atoms with van der Waals surface area (Å²) in [6.45, 7) is 11.2. The molecule has 4 rings (SSSR count). The Bertz CT molecular complexity index is 1220. The van der Waals surface area contributed by atoms with Crippen molar-refractivity contribution in [3.8, 4) is 22.0 Å². The Kier molecular flexibility index (Phi) is 6.84. The second-order valence-electron chi connectivity index (χ2n) is 8.45. The van der Waals surface area contributed by atoms with E-state index in [2.05, 4.69) is 71.8 Å². The molecule has 2 heterocycles. The number of nitrogens with zero attached hydrogens (tertiary/aromatic N) is 4. The average Bonchev–Trinajstić information content (AvgIpc) is 3.40. The summed E-state index contributed by atoms with van der Waals surface area (Å²) in [5, 5.41) is 13.5. The van der Waals surface area contributed by atoms with Crippen LogP contribution in [0.15, 0.2) is 71.7 Å². The highest BCUT2D eigenvalue weighted by Crippen LogP contribution is 2.33. The molecule has 0 saturated heterocycles. The van der Waals surface area contributed by atoms with Gasteiger partial charge in [-0.05, 0) is 17.0 Å². The first kappa shape index (κ1) is 22.8. The third-order valence-corrected chi connectivity index (χ3v) is 7.30. The number of benzene rings is 2. The van der Waals surface area contributed by atoms with Crippen molar-refractivity contribution in [3.63, 3.8) is 0 Å². The van der Waals surface area contributed by atoms with Gasteiger partial charge in [-0.15, -0.1) is 28.1 Å². The standard InChI is InChI=1S/C25H25ClN4S2/c1-5-14-30-22(17-10-12-18(13-11-17)25(2,3)4)28-29-24(30)32-16-19-15-31-23(27-19)20-8-6-7-9-21(20)26/h5-13,15H,1,14,16H2,2-4H3. The molecular formula is C25H25ClN4S2. The highest BCUT2D eigenvalue weighted by Gasteiger charge is 2.17. The lowest BCUT2D eigenvalue weighted by molar-refractivity contribution is 0.590. The van der Waals surface area contributed by atoms with Gasteiger partial charge in [0, 0.05) is 28.8 Å². The van der Waals surface area contributed by atoms with Crippen LogP contribution in [-0.4, -0.2) is 19.7 Å². The van der Waals surface area contributed by atoms with Crippen LogP contribution < -0.4 is 0 Å². The van der Waals surface area contributed by atoms with Crippen LogP contribution in [0, 0.1) is 0 Å². The van der Waals surface area contributed by atoms with Crippen molar-refractivity contribution in [2.75, 3.05) is 0 Å². The number of rotatable bonds is 7. The average molecular weight is 481 g/mol. The third kappa shape index (κ3) is 4.98. The zero-order chi connectivity index (χ0) is 22.7. The van der Waals surface area contributed by atoms with Gasteiger partial charge in [-0.3, -0.25) is 4.57 Å². The lowest BCUT2D eigenvalue weighted by atomic mass is 9.87. The minimum atomic E-state index is 0.116. The third-order valence-electron chi connectivity index (χ3n) is 5.04. The van der Waals surface area contributed by atoms with E-state index >= 15 is 0 Å². The molecule has 0 aliphatic carbocycles. The van der Waals surface area contributed by atoms with Crippen molar-refractivity contribution in [2.24, 2.45) is 0 Å². The lowest BCUT2D eigenvalue weighted by Gasteiger charge is -2.19. The number of allylic oxidation sites excluding steroid dienone is 1. The summed E-state index contributed by atoms with van der Waals surface area (Å²) in [4.78, 5) is 4.77. The van der Waals surface area contributed by atoms with Crippen LogP contribution in [0.25, 0.3) is 22.0 Å². The van der Waals surface area contributed by atoms with E-state index in [0.717, 1.165) is 32.8 Å². The van der Waals surface area contributed by atoms with Crippen molar-refractivity contribution < 1.29 is 0 Å². The molecule has 0 aliphatic rings. The summed E-state index contributed by atoms with van der Waals surface area (Å²) < 4.78 is 2.10. The molecule has 0 amide bonds. The summed E-state index contributed by atoms with van der Waals surface area (Å²) in [6.07, 6.45) is 1.87. The molecule has 2 aromatic heterocycles. The fourth-order valence-electron chi connectivity index (χ4n) is 3.29. The van der Waals surface area contributed by atoms with Crippen LogP contribution in [-0.2, 0) is 17.7 Å². The van der Waals surface area contributed by atoms with Crippen LogP contribution in [0.4, 0.5) is 0 Å². The molecule has 0 spiro atoms. The van der Waals surface area contributed by atoms with E-state index in [0.29, 0.717) is 17.3 Å². The Labute approximate surface area is 202 Å². The largest absolute Gasteiger partial charge is 0.298 e. The first-order valence-electron chi connectivity index (χ1n) is 10.3. The fourth-order valence-corrected chi connectivity index (χ4v) is 5.38. The molecular weight excluding hydrogens is 456 g/mol. The van der Waals surface area contributed by atoms with Crippen molar-refractivity contribution in [1.29, 1.82) is 0 Å². The lowest BCUT2D eigenvalue weighted by Crippen LogP contribution is -2.10. The summed E-state index contributed by atoms with van der Waals surface area (Å²) >= 11 is 9.55. The summed E-state index contributed by atoms with van der Waals surface area (Å²) in [6, 6.07) is 16.4. The van der Waals surface area contributed by atoms with E-state index < -0.39 is 0 Å². The number of thioether (sulfide) groups is 1. The van der Waals surface area contributed by atoms with Gasteiger partial charge in [0.05, 0.1) is 10.7 Å². The van der Waals surface area contributed by atoms with E-state index in [9.17, 15) is 0 Å². The second kappa shape index (κ2) is 9.61. The molecule has 4 nitrogen and oxygen atoms in total. The van der Waals surface area contributed by atoms with Crippen molar-refractivity contribution in [2.45, 2.75) is 43.6 Å². The van der Waals surface area contributed by atoms with Crippen LogP contribution in [0.5, 0.6) is 0 Å². The number of halogens is 1. The maximum atomic E-state index is 6.32. The van der Waals surface area contributed by atoms with E-state index in [1.807, 2.05) is 30.3 Å². The zero-order valence-electron chi connectivity index (χ0n) is 18.4. The molecule has 32 heavy (non-hydrogen) atoms. The maximum absolute atomic E-state index is 6.32. The quantitative estimate of drug-likeness (QED) is 0.203. The van der Waals surface area contributed by atoms with Gasteiger partial charge in [0.2, 0.25) is 0 Å². The minimum Gasteiger partial charge on any atom is -0.298 e. The Morgan fingerprint density at radius 2 is 1.84 bits per heavy atom. The smallest absolute Gasteiger partial charge is 0.192 e. The zero-order valence-corrected chi connectivity index (χ0v) is 20.8. The molecule has 0 radical (unpaired) electrons. The van der Waals surface area contributed by atoms with Gasteiger partial charge in [-0.2, -0.15) is 0 Å². The monoisotopic (exact) mass is 480 g/mol. The van der Waals surface area contributed by atoms with Gasteiger partial charge in [0.15, 0.2) is 11.0 Å². The van der Waals surface area contributed by atoms with Gasteiger partial charge in [-0.25, -0.2) is 4.98 Å². The van der Waals surface area contributed by atoms with Crippen LogP contribution in [0.3, 0.4) is 0 Å². The van der Waals surface area contributed by atoms with Crippen LogP contribution >= 0.6 is 34.7 Å². The van der Waals surface area contributed by atoms with Crippen LogP contribution in [0.2, 0.25) is 5.02 Å². The molecule has 0 atom stereocenters. The molecule has 0 saturated carbocycles. The molecule has 0 N–H and O–H groups in total. The second-order valence-corrected chi connectivity index (χ2v) is 10.7. The van der Waals surface area contributed by atoms with Gasteiger partial charge >= 0.3 is 0 Å². The molecule has 0 bridgehead atoms. The normalized spacial score (nSPS) is 11.6. The van der Waals surface area contributed by atoms with Crippen molar-refractivity contribution >= 4 is 34.7 Å². The predicted molar refractivity (Wildman–Crippen MR) is 136 cm³/mol. The summed E-state index contributed by atoms with van der Waals surface area (Å²) in [5.74, 6) is 1.56. The minimum absolute atomic E-state index is 0.116. The number of thiazole rings is 1. The SMILES string of the molecule is C=CCn1c(SCc2csc(-c3ccccc3Cl)n2)nnc1-c1ccc(C(C)(C)C)cc1.